The van der Waals surface area contributed by atoms with Crippen LogP contribution in [0.1, 0.15) is 6.92 Å². The molecule has 1 amide bonds. The molecule has 1 atom stereocenters. The number of anilines is 1. The first kappa shape index (κ1) is 10.8. The maximum Gasteiger partial charge on any atom is 0.239 e. The van der Waals surface area contributed by atoms with Crippen LogP contribution in [-0.2, 0) is 4.79 Å². The topological polar surface area (TPSA) is 55.1 Å². The normalized spacial score (nSPS) is 12.2. The zero-order valence-corrected chi connectivity index (χ0v) is 8.31. The number of nitrogens with one attached hydrogen (secondary N) is 1. The number of carbonyl (C=O) groups excluding carboxylic acids is 1. The van der Waals surface area contributed by atoms with E-state index in [1.54, 1.807) is 6.92 Å². The summed E-state index contributed by atoms with van der Waals surface area (Å²) in [5.41, 5.74) is 5.19. The summed E-state index contributed by atoms with van der Waals surface area (Å²) in [6.07, 6.45) is 0. The highest BCUT2D eigenvalue weighted by atomic mass is 35.5. The Kier molecular flexibility index (Phi) is 3.30. The van der Waals surface area contributed by atoms with Gasteiger partial charge in [-0.25, -0.2) is 4.39 Å². The summed E-state index contributed by atoms with van der Waals surface area (Å²) < 4.78 is 13.1. The number of hydrogen-bond donors (Lipinski definition) is 2. The fourth-order valence-electron chi connectivity index (χ4n) is 0.912. The number of halogens is 2. The zero-order valence-electron chi connectivity index (χ0n) is 7.55. The van der Waals surface area contributed by atoms with E-state index >= 15 is 0 Å². The highest BCUT2D eigenvalue weighted by molar-refractivity contribution is 6.30. The number of carbonyl (C=O) groups is 1. The highest BCUT2D eigenvalue weighted by Gasteiger charge is 2.10. The molecule has 76 valence electrons. The number of primary amides is 1. The second kappa shape index (κ2) is 4.28. The maximum absolute atomic E-state index is 13.1. The molecule has 1 aromatic rings. The van der Waals surface area contributed by atoms with E-state index in [0.717, 1.165) is 0 Å². The second-order valence-electron chi connectivity index (χ2n) is 2.89. The molecule has 1 unspecified atom stereocenters. The van der Waals surface area contributed by atoms with Gasteiger partial charge in [0.1, 0.15) is 11.9 Å². The number of amides is 1. The largest absolute Gasteiger partial charge is 0.371 e. The molecule has 0 aliphatic carbocycles. The minimum absolute atomic E-state index is 0.170. The van der Waals surface area contributed by atoms with Gasteiger partial charge in [0.05, 0.1) is 5.69 Å². The first-order valence-corrected chi connectivity index (χ1v) is 4.39. The molecule has 0 bridgehead atoms. The van der Waals surface area contributed by atoms with Gasteiger partial charge in [-0.15, -0.1) is 0 Å². The predicted molar refractivity (Wildman–Crippen MR) is 53.7 cm³/mol. The van der Waals surface area contributed by atoms with Crippen molar-refractivity contribution in [1.29, 1.82) is 0 Å². The third kappa shape index (κ3) is 2.60. The van der Waals surface area contributed by atoms with E-state index in [1.807, 2.05) is 0 Å². The van der Waals surface area contributed by atoms with Crippen LogP contribution >= 0.6 is 11.6 Å². The average molecular weight is 217 g/mol. The summed E-state index contributed by atoms with van der Waals surface area (Å²) >= 11 is 5.66. The molecule has 3 N–H and O–H groups in total. The Bertz CT molecular complexity index is 357. The SMILES string of the molecule is CC(Nc1cc(Cl)ccc1F)C(N)=O. The lowest BCUT2D eigenvalue weighted by Crippen LogP contribution is -2.32. The fourth-order valence-corrected chi connectivity index (χ4v) is 1.08. The van der Waals surface area contributed by atoms with Gasteiger partial charge < -0.3 is 11.1 Å². The molecule has 0 saturated heterocycles. The van der Waals surface area contributed by atoms with Crippen molar-refractivity contribution >= 4 is 23.2 Å². The van der Waals surface area contributed by atoms with E-state index in [1.165, 1.54) is 18.2 Å². The van der Waals surface area contributed by atoms with Gasteiger partial charge in [-0.2, -0.15) is 0 Å². The lowest BCUT2D eigenvalue weighted by atomic mass is 10.2. The summed E-state index contributed by atoms with van der Waals surface area (Å²) in [5, 5.41) is 3.01. The van der Waals surface area contributed by atoms with Crippen molar-refractivity contribution in [3.05, 3.63) is 29.0 Å². The van der Waals surface area contributed by atoms with E-state index < -0.39 is 17.8 Å². The van der Waals surface area contributed by atoms with Gasteiger partial charge in [-0.1, -0.05) is 11.6 Å². The van der Waals surface area contributed by atoms with Crippen molar-refractivity contribution in [2.75, 3.05) is 5.32 Å². The van der Waals surface area contributed by atoms with Gasteiger partial charge >= 0.3 is 0 Å². The quantitative estimate of drug-likeness (QED) is 0.809. The van der Waals surface area contributed by atoms with Crippen molar-refractivity contribution in [3.63, 3.8) is 0 Å². The average Bonchev–Trinajstić information content (AvgIpc) is 2.11. The van der Waals surface area contributed by atoms with E-state index in [0.29, 0.717) is 5.02 Å². The van der Waals surface area contributed by atoms with Gasteiger partial charge in [0.2, 0.25) is 5.91 Å². The monoisotopic (exact) mass is 216 g/mol. The van der Waals surface area contributed by atoms with Crippen LogP contribution in [0.3, 0.4) is 0 Å². The molecule has 1 rings (SSSR count). The van der Waals surface area contributed by atoms with Gasteiger partial charge in [-0.05, 0) is 25.1 Å². The first-order valence-electron chi connectivity index (χ1n) is 4.01. The number of hydrogen-bond acceptors (Lipinski definition) is 2. The Morgan fingerprint density at radius 1 is 1.64 bits per heavy atom. The molecular weight excluding hydrogens is 207 g/mol. The van der Waals surface area contributed by atoms with Gasteiger partial charge in [0.25, 0.3) is 0 Å². The summed E-state index contributed by atoms with van der Waals surface area (Å²) in [7, 11) is 0. The molecule has 0 aromatic heterocycles. The Morgan fingerprint density at radius 3 is 2.86 bits per heavy atom. The predicted octanol–water partition coefficient (Wildman–Crippen LogP) is 1.76. The van der Waals surface area contributed by atoms with Crippen LogP contribution in [0.25, 0.3) is 0 Å². The van der Waals surface area contributed by atoms with Crippen molar-refractivity contribution in [1.82, 2.24) is 0 Å². The number of nitrogens with two attached hydrogens (primary N) is 1. The molecule has 3 nitrogen and oxygen atoms in total. The van der Waals surface area contributed by atoms with E-state index in [4.69, 9.17) is 17.3 Å². The van der Waals surface area contributed by atoms with Crippen molar-refractivity contribution < 1.29 is 9.18 Å². The molecule has 5 heteroatoms. The number of rotatable bonds is 3. The van der Waals surface area contributed by atoms with Crippen molar-refractivity contribution in [3.8, 4) is 0 Å². The van der Waals surface area contributed by atoms with Gasteiger partial charge in [0.15, 0.2) is 0 Å². The minimum Gasteiger partial charge on any atom is -0.371 e. The Hall–Kier alpha value is -1.29. The van der Waals surface area contributed by atoms with Crippen LogP contribution in [0.5, 0.6) is 0 Å². The molecule has 1 aromatic carbocycles. The highest BCUT2D eigenvalue weighted by Crippen LogP contribution is 2.19. The molecule has 0 fully saturated rings. The van der Waals surface area contributed by atoms with E-state index in [9.17, 15) is 9.18 Å². The van der Waals surface area contributed by atoms with Crippen LogP contribution in [-0.4, -0.2) is 11.9 Å². The summed E-state index contributed by atoms with van der Waals surface area (Å²) in [5.74, 6) is -1.02. The molecule has 14 heavy (non-hydrogen) atoms. The maximum atomic E-state index is 13.1. The summed E-state index contributed by atoms with van der Waals surface area (Å²) in [4.78, 5) is 10.7. The molecule has 0 saturated carbocycles. The van der Waals surface area contributed by atoms with Gasteiger partial charge in [-0.3, -0.25) is 4.79 Å². The Balaban J connectivity index is 2.85. The smallest absolute Gasteiger partial charge is 0.239 e. The summed E-state index contributed by atoms with van der Waals surface area (Å²) in [6, 6.07) is 3.41. The van der Waals surface area contributed by atoms with Crippen LogP contribution in [0.4, 0.5) is 10.1 Å². The minimum atomic E-state index is -0.636. The lowest BCUT2D eigenvalue weighted by Gasteiger charge is -2.12. The molecule has 0 spiro atoms. The van der Waals surface area contributed by atoms with Crippen LogP contribution in [0.2, 0.25) is 5.02 Å². The third-order valence-electron chi connectivity index (χ3n) is 1.73. The van der Waals surface area contributed by atoms with E-state index in [2.05, 4.69) is 5.32 Å². The Morgan fingerprint density at radius 2 is 2.29 bits per heavy atom. The fraction of sp³-hybridized carbons (Fsp3) is 0.222. The van der Waals surface area contributed by atoms with Gasteiger partial charge in [0, 0.05) is 5.02 Å². The molecule has 0 aliphatic rings. The Labute approximate surface area is 86.0 Å². The summed E-state index contributed by atoms with van der Waals surface area (Å²) in [6.45, 7) is 1.54. The standard InChI is InChI=1S/C9H10ClFN2O/c1-5(9(12)14)13-8-4-6(10)2-3-7(8)11/h2-5,13H,1H3,(H2,12,14). The van der Waals surface area contributed by atoms with Crippen molar-refractivity contribution in [2.45, 2.75) is 13.0 Å². The lowest BCUT2D eigenvalue weighted by molar-refractivity contribution is -0.118. The molecule has 0 radical (unpaired) electrons. The van der Waals surface area contributed by atoms with Crippen molar-refractivity contribution in [2.24, 2.45) is 5.73 Å². The second-order valence-corrected chi connectivity index (χ2v) is 3.33. The van der Waals surface area contributed by atoms with E-state index in [-0.39, 0.29) is 5.69 Å². The van der Waals surface area contributed by atoms with Crippen LogP contribution < -0.4 is 11.1 Å². The van der Waals surface area contributed by atoms with Crippen LogP contribution in [0.15, 0.2) is 18.2 Å². The molecule has 0 heterocycles. The first-order chi connectivity index (χ1) is 6.50. The zero-order chi connectivity index (χ0) is 10.7. The van der Waals surface area contributed by atoms with Crippen LogP contribution in [0, 0.1) is 5.82 Å². The number of benzene rings is 1. The third-order valence-corrected chi connectivity index (χ3v) is 1.96. The molecular formula is C9H10ClFN2O. The molecule has 0 aliphatic heterocycles.